The summed E-state index contributed by atoms with van der Waals surface area (Å²) in [5.74, 6) is -1.04. The summed E-state index contributed by atoms with van der Waals surface area (Å²) in [5.41, 5.74) is 0. The molecule has 0 aromatic rings. The third-order valence-electron chi connectivity index (χ3n) is 3.30. The van der Waals surface area contributed by atoms with Gasteiger partial charge in [-0.25, -0.2) is 0 Å². The van der Waals surface area contributed by atoms with Crippen LogP contribution in [0.15, 0.2) is 0 Å². The average molecular weight is 287 g/mol. The molecule has 0 saturated heterocycles. The number of hydrogen-bond donors (Lipinski definition) is 2. The second-order valence-corrected chi connectivity index (χ2v) is 6.55. The Balaban J connectivity index is 2.55. The molecule has 1 rings (SSSR count). The van der Waals surface area contributed by atoms with Crippen molar-refractivity contribution in [3.63, 3.8) is 0 Å². The first-order chi connectivity index (χ1) is 8.93. The monoisotopic (exact) mass is 287 g/mol. The number of rotatable bonds is 6. The van der Waals surface area contributed by atoms with Gasteiger partial charge in [0.25, 0.3) is 0 Å². The Bertz CT molecular complexity index is 351. The van der Waals surface area contributed by atoms with Crippen molar-refractivity contribution in [3.05, 3.63) is 0 Å². The molecule has 0 bridgehead atoms. The summed E-state index contributed by atoms with van der Waals surface area (Å²) in [6.07, 6.45) is 5.00. The van der Waals surface area contributed by atoms with Crippen LogP contribution in [0, 0.1) is 0 Å². The van der Waals surface area contributed by atoms with Crippen molar-refractivity contribution >= 4 is 28.8 Å². The number of hydrogen-bond acceptors (Lipinski definition) is 4. The maximum Gasteiger partial charge on any atom is 0.303 e. The fourth-order valence-corrected chi connectivity index (χ4v) is 3.62. The third kappa shape index (κ3) is 6.09. The number of carbonyl (C=O) groups is 3. The standard InChI is InChI=1S/C13H21NO4S/c1-10(15)14-9-13(7-3-2-4-8-13)19-12(18)6-5-11(16)17/h2-9H2,1H3,(H,14,15)(H,16,17). The summed E-state index contributed by atoms with van der Waals surface area (Å²) in [6.45, 7) is 1.96. The van der Waals surface area contributed by atoms with Gasteiger partial charge in [0, 0.05) is 24.6 Å². The van der Waals surface area contributed by atoms with Crippen LogP contribution in [-0.4, -0.2) is 33.4 Å². The number of carboxylic acid groups (broad SMARTS) is 1. The molecule has 0 atom stereocenters. The summed E-state index contributed by atoms with van der Waals surface area (Å²) < 4.78 is -0.237. The lowest BCUT2D eigenvalue weighted by atomic mass is 9.88. The highest BCUT2D eigenvalue weighted by molar-refractivity contribution is 8.14. The largest absolute Gasteiger partial charge is 0.481 e. The van der Waals surface area contributed by atoms with Gasteiger partial charge in [-0.3, -0.25) is 14.4 Å². The molecule has 0 aliphatic heterocycles. The van der Waals surface area contributed by atoms with Crippen LogP contribution in [0.3, 0.4) is 0 Å². The minimum atomic E-state index is -0.950. The van der Waals surface area contributed by atoms with E-state index in [1.165, 1.54) is 18.7 Å². The van der Waals surface area contributed by atoms with Gasteiger partial charge in [0.1, 0.15) is 0 Å². The zero-order valence-electron chi connectivity index (χ0n) is 11.2. The SMILES string of the molecule is CC(=O)NCC1(SC(=O)CCC(=O)O)CCCCC1. The maximum absolute atomic E-state index is 11.9. The summed E-state index contributed by atoms with van der Waals surface area (Å²) in [6, 6.07) is 0. The second-order valence-electron chi connectivity index (χ2n) is 5.02. The molecule has 0 aromatic heterocycles. The first kappa shape index (κ1) is 16.0. The highest BCUT2D eigenvalue weighted by atomic mass is 32.2. The lowest BCUT2D eigenvalue weighted by Crippen LogP contribution is -2.42. The van der Waals surface area contributed by atoms with E-state index in [1.54, 1.807) is 0 Å². The molecule has 5 nitrogen and oxygen atoms in total. The zero-order valence-corrected chi connectivity index (χ0v) is 12.1. The molecule has 0 radical (unpaired) electrons. The molecule has 1 amide bonds. The lowest BCUT2D eigenvalue weighted by Gasteiger charge is -2.36. The minimum Gasteiger partial charge on any atom is -0.481 e. The highest BCUT2D eigenvalue weighted by Gasteiger charge is 2.35. The zero-order chi connectivity index (χ0) is 14.3. The number of aliphatic carboxylic acids is 1. The van der Waals surface area contributed by atoms with E-state index >= 15 is 0 Å². The predicted molar refractivity (Wildman–Crippen MR) is 74.0 cm³/mol. The van der Waals surface area contributed by atoms with E-state index in [0.29, 0.717) is 6.54 Å². The van der Waals surface area contributed by atoms with E-state index in [2.05, 4.69) is 5.32 Å². The van der Waals surface area contributed by atoms with Crippen LogP contribution in [0.5, 0.6) is 0 Å². The van der Waals surface area contributed by atoms with Gasteiger partial charge in [-0.2, -0.15) is 0 Å². The molecular weight excluding hydrogens is 266 g/mol. The van der Waals surface area contributed by atoms with Crippen LogP contribution in [-0.2, 0) is 14.4 Å². The van der Waals surface area contributed by atoms with Crippen molar-refractivity contribution in [2.75, 3.05) is 6.54 Å². The Labute approximate surface area is 117 Å². The smallest absolute Gasteiger partial charge is 0.303 e. The quantitative estimate of drug-likeness (QED) is 0.780. The van der Waals surface area contributed by atoms with E-state index in [1.807, 2.05) is 0 Å². The molecule has 0 unspecified atom stereocenters. The molecule has 0 heterocycles. The molecule has 2 N–H and O–H groups in total. The van der Waals surface area contributed by atoms with Gasteiger partial charge in [-0.05, 0) is 12.8 Å². The van der Waals surface area contributed by atoms with Gasteiger partial charge in [-0.1, -0.05) is 31.0 Å². The van der Waals surface area contributed by atoms with E-state index in [0.717, 1.165) is 32.1 Å². The molecule has 19 heavy (non-hydrogen) atoms. The van der Waals surface area contributed by atoms with Crippen molar-refractivity contribution in [1.29, 1.82) is 0 Å². The van der Waals surface area contributed by atoms with Crippen LogP contribution in [0.2, 0.25) is 0 Å². The number of amides is 1. The van der Waals surface area contributed by atoms with Gasteiger partial charge >= 0.3 is 5.97 Å². The molecule has 0 spiro atoms. The van der Waals surface area contributed by atoms with Crippen molar-refractivity contribution in [3.8, 4) is 0 Å². The molecule has 0 aromatic carbocycles. The minimum absolute atomic E-state index is 0.0574. The predicted octanol–water partition coefficient (Wildman–Crippen LogP) is 1.95. The molecule has 1 aliphatic rings. The fraction of sp³-hybridized carbons (Fsp3) is 0.769. The van der Waals surface area contributed by atoms with Crippen LogP contribution >= 0.6 is 11.8 Å². The van der Waals surface area contributed by atoms with Gasteiger partial charge in [-0.15, -0.1) is 0 Å². The molecular formula is C13H21NO4S. The molecule has 1 saturated carbocycles. The summed E-state index contributed by atoms with van der Waals surface area (Å²) in [5, 5.41) is 11.3. The number of thioether (sulfide) groups is 1. The Morgan fingerprint density at radius 3 is 2.32 bits per heavy atom. The average Bonchev–Trinajstić information content (AvgIpc) is 2.35. The van der Waals surface area contributed by atoms with E-state index in [-0.39, 0.29) is 28.6 Å². The highest BCUT2D eigenvalue weighted by Crippen LogP contribution is 2.40. The Morgan fingerprint density at radius 2 is 1.79 bits per heavy atom. The maximum atomic E-state index is 11.9. The van der Waals surface area contributed by atoms with Crippen LogP contribution < -0.4 is 5.32 Å². The van der Waals surface area contributed by atoms with Gasteiger partial charge < -0.3 is 10.4 Å². The van der Waals surface area contributed by atoms with Gasteiger partial charge in [0.15, 0.2) is 5.12 Å². The van der Waals surface area contributed by atoms with Crippen LogP contribution in [0.1, 0.15) is 51.9 Å². The van der Waals surface area contributed by atoms with E-state index in [9.17, 15) is 14.4 Å². The molecule has 1 fully saturated rings. The van der Waals surface area contributed by atoms with Crippen molar-refractivity contribution in [2.24, 2.45) is 0 Å². The molecule has 1 aliphatic carbocycles. The van der Waals surface area contributed by atoms with E-state index < -0.39 is 5.97 Å². The Hall–Kier alpha value is -1.04. The second kappa shape index (κ2) is 7.53. The summed E-state index contributed by atoms with van der Waals surface area (Å²) >= 11 is 1.23. The van der Waals surface area contributed by atoms with E-state index in [4.69, 9.17) is 5.11 Å². The normalized spacial score (nSPS) is 17.7. The summed E-state index contributed by atoms with van der Waals surface area (Å²) in [7, 11) is 0. The number of nitrogens with one attached hydrogen (secondary N) is 1. The first-order valence-corrected chi connectivity index (χ1v) is 7.43. The third-order valence-corrected chi connectivity index (χ3v) is 4.72. The van der Waals surface area contributed by atoms with Crippen LogP contribution in [0.4, 0.5) is 0 Å². The van der Waals surface area contributed by atoms with Gasteiger partial charge in [0.05, 0.1) is 6.42 Å². The van der Waals surface area contributed by atoms with Crippen molar-refractivity contribution in [2.45, 2.75) is 56.6 Å². The summed E-state index contributed by atoms with van der Waals surface area (Å²) in [4.78, 5) is 33.4. The van der Waals surface area contributed by atoms with Crippen LogP contribution in [0.25, 0.3) is 0 Å². The fourth-order valence-electron chi connectivity index (χ4n) is 2.30. The molecule has 108 valence electrons. The van der Waals surface area contributed by atoms with Gasteiger partial charge in [0.2, 0.25) is 5.91 Å². The number of carbonyl (C=O) groups excluding carboxylic acids is 2. The van der Waals surface area contributed by atoms with Crippen molar-refractivity contribution in [1.82, 2.24) is 5.32 Å². The Kier molecular flexibility index (Phi) is 6.34. The molecule has 6 heteroatoms. The Morgan fingerprint density at radius 1 is 1.16 bits per heavy atom. The number of carboxylic acids is 1. The van der Waals surface area contributed by atoms with Crippen molar-refractivity contribution < 1.29 is 19.5 Å². The lowest BCUT2D eigenvalue weighted by molar-refractivity contribution is -0.138. The topological polar surface area (TPSA) is 83.5 Å². The first-order valence-electron chi connectivity index (χ1n) is 6.62.